The first-order chi connectivity index (χ1) is 9.78. The summed E-state index contributed by atoms with van der Waals surface area (Å²) in [6, 6.07) is 7.84. The molecule has 126 valence electrons. The van der Waals surface area contributed by atoms with Gasteiger partial charge >= 0.3 is 0 Å². The maximum Gasteiger partial charge on any atom is 0.258 e. The fraction of sp³-hybridized carbons (Fsp3) is 0.588. The van der Waals surface area contributed by atoms with Crippen molar-refractivity contribution in [2.45, 2.75) is 46.1 Å². The zero-order valence-electron chi connectivity index (χ0n) is 14.2. The van der Waals surface area contributed by atoms with E-state index in [-0.39, 0.29) is 30.8 Å². The quantitative estimate of drug-likeness (QED) is 0.808. The van der Waals surface area contributed by atoms with Crippen LogP contribution in [0.1, 0.15) is 46.1 Å². The maximum absolute atomic E-state index is 12.0. The van der Waals surface area contributed by atoms with E-state index in [0.717, 1.165) is 0 Å². The molecular formula is C17H29ClN2O2. The van der Waals surface area contributed by atoms with Gasteiger partial charge in [0.15, 0.2) is 6.61 Å². The van der Waals surface area contributed by atoms with E-state index in [2.05, 4.69) is 19.2 Å². The van der Waals surface area contributed by atoms with E-state index < -0.39 is 5.54 Å². The number of nitrogens with one attached hydrogen (secondary N) is 1. The second kappa shape index (κ2) is 9.01. The summed E-state index contributed by atoms with van der Waals surface area (Å²) in [7, 11) is 0. The van der Waals surface area contributed by atoms with Crippen LogP contribution in [-0.2, 0) is 4.79 Å². The minimum Gasteiger partial charge on any atom is -0.484 e. The lowest BCUT2D eigenvalue weighted by molar-refractivity contribution is -0.125. The fourth-order valence-electron chi connectivity index (χ4n) is 1.88. The van der Waals surface area contributed by atoms with Crippen LogP contribution in [0.25, 0.3) is 0 Å². The molecule has 0 aliphatic carbocycles. The average molecular weight is 329 g/mol. The molecule has 1 aromatic rings. The number of nitrogens with two attached hydrogens (primary N) is 1. The van der Waals surface area contributed by atoms with E-state index >= 15 is 0 Å². The molecule has 0 aromatic heterocycles. The van der Waals surface area contributed by atoms with Crippen LogP contribution in [-0.4, -0.2) is 24.6 Å². The van der Waals surface area contributed by atoms with Crippen molar-refractivity contribution in [1.29, 1.82) is 0 Å². The number of rotatable bonds is 7. The van der Waals surface area contributed by atoms with Gasteiger partial charge in [-0.2, -0.15) is 0 Å². The van der Waals surface area contributed by atoms with E-state index in [1.165, 1.54) is 5.56 Å². The number of halogens is 1. The van der Waals surface area contributed by atoms with Crippen LogP contribution >= 0.6 is 12.4 Å². The predicted octanol–water partition coefficient (Wildman–Crippen LogP) is 3.10. The molecule has 0 heterocycles. The van der Waals surface area contributed by atoms with Crippen molar-refractivity contribution in [3.8, 4) is 5.75 Å². The highest BCUT2D eigenvalue weighted by atomic mass is 35.5. The summed E-state index contributed by atoms with van der Waals surface area (Å²) in [6.45, 7) is 10.7. The molecule has 0 fully saturated rings. The van der Waals surface area contributed by atoms with Gasteiger partial charge in [-0.15, -0.1) is 12.4 Å². The highest BCUT2D eigenvalue weighted by Crippen LogP contribution is 2.19. The molecule has 1 unspecified atom stereocenters. The Bertz CT molecular complexity index is 460. The molecule has 1 atom stereocenters. The number of amides is 1. The number of carbonyl (C=O) groups is 1. The third kappa shape index (κ3) is 5.85. The van der Waals surface area contributed by atoms with Crippen molar-refractivity contribution in [1.82, 2.24) is 5.32 Å². The van der Waals surface area contributed by atoms with Crippen LogP contribution in [0.3, 0.4) is 0 Å². The van der Waals surface area contributed by atoms with E-state index in [1.54, 1.807) is 0 Å². The number of hydrogen-bond acceptors (Lipinski definition) is 3. The summed E-state index contributed by atoms with van der Waals surface area (Å²) >= 11 is 0. The van der Waals surface area contributed by atoms with Gasteiger partial charge in [0.25, 0.3) is 5.91 Å². The van der Waals surface area contributed by atoms with E-state index in [9.17, 15) is 4.79 Å². The van der Waals surface area contributed by atoms with Crippen molar-refractivity contribution < 1.29 is 9.53 Å². The zero-order valence-corrected chi connectivity index (χ0v) is 15.0. The Balaban J connectivity index is 0.00000441. The average Bonchev–Trinajstić information content (AvgIpc) is 2.45. The van der Waals surface area contributed by atoms with E-state index in [1.807, 2.05) is 45.0 Å². The van der Waals surface area contributed by atoms with Gasteiger partial charge in [-0.1, -0.05) is 39.8 Å². The Kier molecular flexibility index (Phi) is 8.49. The molecule has 22 heavy (non-hydrogen) atoms. The molecule has 1 rings (SSSR count). The van der Waals surface area contributed by atoms with Crippen LogP contribution in [0.15, 0.2) is 24.3 Å². The van der Waals surface area contributed by atoms with Crippen molar-refractivity contribution in [3.05, 3.63) is 29.8 Å². The Labute approximate surface area is 140 Å². The van der Waals surface area contributed by atoms with Crippen molar-refractivity contribution in [2.75, 3.05) is 13.2 Å². The molecule has 3 N–H and O–H groups in total. The lowest BCUT2D eigenvalue weighted by atomic mass is 9.88. The normalized spacial score (nSPS) is 13.5. The minimum absolute atomic E-state index is 0. The molecule has 0 radical (unpaired) electrons. The van der Waals surface area contributed by atoms with Gasteiger partial charge in [0.05, 0.1) is 5.54 Å². The van der Waals surface area contributed by atoms with E-state index in [4.69, 9.17) is 10.5 Å². The number of ether oxygens (including phenoxy) is 1. The fourth-order valence-corrected chi connectivity index (χ4v) is 1.88. The van der Waals surface area contributed by atoms with Crippen molar-refractivity contribution in [2.24, 2.45) is 11.7 Å². The van der Waals surface area contributed by atoms with Gasteiger partial charge in [-0.05, 0) is 36.5 Å². The SMILES string of the molecule is CC(C)c1ccc(OCC(=O)NC(C)(CN)C(C)C)cc1.Cl. The summed E-state index contributed by atoms with van der Waals surface area (Å²) in [4.78, 5) is 12.0. The Hall–Kier alpha value is -1.26. The standard InChI is InChI=1S/C17H28N2O2.ClH/c1-12(2)14-6-8-15(9-7-14)21-10-16(20)19-17(5,11-18)13(3)4;/h6-9,12-13H,10-11,18H2,1-5H3,(H,19,20);1H. The van der Waals surface area contributed by atoms with Crippen LogP contribution in [0, 0.1) is 5.92 Å². The summed E-state index contributed by atoms with van der Waals surface area (Å²) < 4.78 is 5.52. The number of carbonyl (C=O) groups excluding carboxylic acids is 1. The van der Waals surface area contributed by atoms with Gasteiger partial charge in [0.1, 0.15) is 5.75 Å². The topological polar surface area (TPSA) is 64.3 Å². The molecular weight excluding hydrogens is 300 g/mol. The largest absolute Gasteiger partial charge is 0.484 e. The smallest absolute Gasteiger partial charge is 0.258 e. The minimum atomic E-state index is -0.401. The Morgan fingerprint density at radius 1 is 1.23 bits per heavy atom. The highest BCUT2D eigenvalue weighted by Gasteiger charge is 2.28. The maximum atomic E-state index is 12.0. The number of benzene rings is 1. The van der Waals surface area contributed by atoms with Crippen LogP contribution in [0.2, 0.25) is 0 Å². The molecule has 0 saturated carbocycles. The summed E-state index contributed by atoms with van der Waals surface area (Å²) in [5.74, 6) is 1.30. The number of hydrogen-bond donors (Lipinski definition) is 2. The van der Waals surface area contributed by atoms with Crippen LogP contribution < -0.4 is 15.8 Å². The molecule has 4 nitrogen and oxygen atoms in total. The Morgan fingerprint density at radius 2 is 1.77 bits per heavy atom. The lowest BCUT2D eigenvalue weighted by Crippen LogP contribution is -2.56. The lowest BCUT2D eigenvalue weighted by Gasteiger charge is -2.33. The Morgan fingerprint density at radius 3 is 2.18 bits per heavy atom. The van der Waals surface area contributed by atoms with Crippen LogP contribution in [0.4, 0.5) is 0 Å². The first kappa shape index (κ1) is 20.7. The first-order valence-electron chi connectivity index (χ1n) is 7.52. The second-order valence-corrected chi connectivity index (χ2v) is 6.34. The zero-order chi connectivity index (χ0) is 16.0. The third-order valence-electron chi connectivity index (χ3n) is 4.04. The first-order valence-corrected chi connectivity index (χ1v) is 7.52. The summed E-state index contributed by atoms with van der Waals surface area (Å²) in [6.07, 6.45) is 0. The van der Waals surface area contributed by atoms with Crippen LogP contribution in [0.5, 0.6) is 5.75 Å². The molecule has 5 heteroatoms. The molecule has 0 spiro atoms. The molecule has 1 aromatic carbocycles. The molecule has 1 amide bonds. The monoisotopic (exact) mass is 328 g/mol. The molecule has 0 bridgehead atoms. The van der Waals surface area contributed by atoms with Gasteiger partial charge in [0, 0.05) is 6.54 Å². The van der Waals surface area contributed by atoms with E-state index in [0.29, 0.717) is 18.2 Å². The molecule has 0 saturated heterocycles. The second-order valence-electron chi connectivity index (χ2n) is 6.34. The van der Waals surface area contributed by atoms with Crippen molar-refractivity contribution >= 4 is 18.3 Å². The third-order valence-corrected chi connectivity index (χ3v) is 4.04. The summed E-state index contributed by atoms with van der Waals surface area (Å²) in [5, 5.41) is 2.95. The predicted molar refractivity (Wildman–Crippen MR) is 93.7 cm³/mol. The molecule has 0 aliphatic heterocycles. The summed E-state index contributed by atoms with van der Waals surface area (Å²) in [5.41, 5.74) is 6.60. The van der Waals surface area contributed by atoms with Gasteiger partial charge in [-0.25, -0.2) is 0 Å². The van der Waals surface area contributed by atoms with Gasteiger partial charge in [-0.3, -0.25) is 4.79 Å². The van der Waals surface area contributed by atoms with Crippen molar-refractivity contribution in [3.63, 3.8) is 0 Å². The molecule has 0 aliphatic rings. The van der Waals surface area contributed by atoms with Gasteiger partial charge < -0.3 is 15.8 Å². The van der Waals surface area contributed by atoms with Gasteiger partial charge in [0.2, 0.25) is 0 Å². The highest BCUT2D eigenvalue weighted by molar-refractivity contribution is 5.85.